The summed E-state index contributed by atoms with van der Waals surface area (Å²) < 4.78 is 20.6. The van der Waals surface area contributed by atoms with Crippen LogP contribution in [-0.2, 0) is 17.8 Å². The Morgan fingerprint density at radius 2 is 1.95 bits per heavy atom. The molecular weight excluding hydrogens is 540 g/mol. The van der Waals surface area contributed by atoms with Crippen molar-refractivity contribution in [2.45, 2.75) is 50.5 Å². The van der Waals surface area contributed by atoms with Crippen LogP contribution in [0.4, 0.5) is 0 Å². The number of aromatic nitrogens is 3. The van der Waals surface area contributed by atoms with Gasteiger partial charge in [0, 0.05) is 23.9 Å². The second kappa shape index (κ2) is 11.0. The first-order valence-corrected chi connectivity index (χ1v) is 14.6. The Hall–Kier alpha value is -3.59. The second-order valence-electron chi connectivity index (χ2n) is 11.1. The summed E-state index contributed by atoms with van der Waals surface area (Å²) in [5.41, 5.74) is 4.67. The van der Waals surface area contributed by atoms with Crippen molar-refractivity contribution in [2.75, 3.05) is 26.3 Å². The van der Waals surface area contributed by atoms with E-state index in [4.69, 9.17) is 30.8 Å². The minimum absolute atomic E-state index is 0.0661. The van der Waals surface area contributed by atoms with Gasteiger partial charge in [-0.3, -0.25) is 9.88 Å². The van der Waals surface area contributed by atoms with Gasteiger partial charge in [0.2, 0.25) is 0 Å². The second-order valence-corrected chi connectivity index (χ2v) is 11.6. The third kappa shape index (κ3) is 5.27. The first kappa shape index (κ1) is 26.3. The van der Waals surface area contributed by atoms with Gasteiger partial charge in [-0.2, -0.15) is 0 Å². The van der Waals surface area contributed by atoms with Crippen molar-refractivity contribution in [3.63, 3.8) is 0 Å². The molecule has 0 radical (unpaired) electrons. The minimum atomic E-state index is -0.267. The van der Waals surface area contributed by atoms with Crippen LogP contribution in [0.2, 0.25) is 5.02 Å². The fraction of sp³-hybridized carbons (Fsp3) is 0.375. The lowest BCUT2D eigenvalue weighted by molar-refractivity contribution is -0.0592. The first-order valence-electron chi connectivity index (χ1n) is 14.3. The highest BCUT2D eigenvalue weighted by Gasteiger charge is 2.31. The summed E-state index contributed by atoms with van der Waals surface area (Å²) in [5, 5.41) is 10.6. The predicted molar refractivity (Wildman–Crippen MR) is 158 cm³/mol. The van der Waals surface area contributed by atoms with Gasteiger partial charge in [0.25, 0.3) is 0 Å². The normalized spacial score (nSPS) is 21.1. The molecule has 41 heavy (non-hydrogen) atoms. The molecule has 0 spiro atoms. The number of hydrogen-bond donors (Lipinski definition) is 1. The van der Waals surface area contributed by atoms with Gasteiger partial charge in [0.15, 0.2) is 17.6 Å². The van der Waals surface area contributed by atoms with Crippen molar-refractivity contribution in [3.8, 4) is 11.5 Å². The molecule has 2 fully saturated rings. The van der Waals surface area contributed by atoms with Gasteiger partial charge in [-0.15, -0.1) is 0 Å². The Kier molecular flexibility index (Phi) is 7.06. The SMILES string of the molecule is C=C(O)c1ccc2nc(CN3CCC(c4cccc5c4OC(c4ccc(Cl)cn4)CO5)CC3)n(C[C@@H]3CCO3)c2c1. The molecule has 1 N–H and O–H groups in total. The lowest BCUT2D eigenvalue weighted by atomic mass is 9.88. The van der Waals surface area contributed by atoms with E-state index in [2.05, 4.69) is 33.2 Å². The van der Waals surface area contributed by atoms with Crippen LogP contribution < -0.4 is 9.47 Å². The van der Waals surface area contributed by atoms with Crippen molar-refractivity contribution in [1.29, 1.82) is 0 Å². The monoisotopic (exact) mass is 572 g/mol. The topological polar surface area (TPSA) is 81.9 Å². The molecule has 3 aliphatic heterocycles. The average molecular weight is 573 g/mol. The number of aliphatic hydroxyl groups excluding tert-OH is 1. The first-order chi connectivity index (χ1) is 20.0. The van der Waals surface area contributed by atoms with Crippen LogP contribution in [0.25, 0.3) is 16.8 Å². The number of aliphatic hydroxyl groups is 1. The molecule has 7 rings (SSSR count). The van der Waals surface area contributed by atoms with Gasteiger partial charge in [-0.05, 0) is 74.7 Å². The van der Waals surface area contributed by atoms with Crippen molar-refractivity contribution in [1.82, 2.24) is 19.4 Å². The van der Waals surface area contributed by atoms with E-state index in [1.165, 1.54) is 5.56 Å². The van der Waals surface area contributed by atoms with E-state index in [1.54, 1.807) is 6.20 Å². The highest BCUT2D eigenvalue weighted by atomic mass is 35.5. The number of rotatable bonds is 7. The molecule has 2 atom stereocenters. The van der Waals surface area contributed by atoms with Gasteiger partial charge >= 0.3 is 0 Å². The summed E-state index contributed by atoms with van der Waals surface area (Å²) in [6.45, 7) is 8.38. The molecular formula is C32H33ClN4O4. The molecule has 1 unspecified atom stereocenters. The van der Waals surface area contributed by atoms with E-state index in [9.17, 15) is 5.11 Å². The smallest absolute Gasteiger partial charge is 0.174 e. The zero-order chi connectivity index (χ0) is 27.9. The van der Waals surface area contributed by atoms with Crippen LogP contribution in [0.5, 0.6) is 11.5 Å². The number of fused-ring (bicyclic) bond motifs is 2. The summed E-state index contributed by atoms with van der Waals surface area (Å²) in [5.74, 6) is 3.11. The lowest BCUT2D eigenvalue weighted by Gasteiger charge is -2.35. The Bertz CT molecular complexity index is 1570. The van der Waals surface area contributed by atoms with Crippen molar-refractivity contribution in [2.24, 2.45) is 0 Å². The number of likely N-dealkylation sites (tertiary alicyclic amines) is 1. The number of halogens is 1. The number of piperidine rings is 1. The maximum atomic E-state index is 9.97. The highest BCUT2D eigenvalue weighted by molar-refractivity contribution is 6.30. The van der Waals surface area contributed by atoms with E-state index >= 15 is 0 Å². The molecule has 4 aromatic rings. The van der Waals surface area contributed by atoms with Crippen LogP contribution in [0, 0.1) is 0 Å². The summed E-state index contributed by atoms with van der Waals surface area (Å²) in [7, 11) is 0. The molecule has 2 saturated heterocycles. The molecule has 8 nitrogen and oxygen atoms in total. The van der Waals surface area contributed by atoms with Gasteiger partial charge in [0.1, 0.15) is 18.2 Å². The number of imidazole rings is 1. The zero-order valence-corrected chi connectivity index (χ0v) is 23.6. The third-order valence-corrected chi connectivity index (χ3v) is 8.70. The fourth-order valence-corrected chi connectivity index (χ4v) is 6.18. The van der Waals surface area contributed by atoms with Crippen molar-refractivity contribution >= 4 is 28.4 Å². The number of nitrogens with zero attached hydrogens (tertiary/aromatic N) is 4. The van der Waals surface area contributed by atoms with Crippen LogP contribution >= 0.6 is 11.6 Å². The third-order valence-electron chi connectivity index (χ3n) is 8.47. The Morgan fingerprint density at radius 1 is 1.10 bits per heavy atom. The highest BCUT2D eigenvalue weighted by Crippen LogP contribution is 2.44. The van der Waals surface area contributed by atoms with Gasteiger partial charge < -0.3 is 23.9 Å². The number of benzene rings is 2. The summed E-state index contributed by atoms with van der Waals surface area (Å²) in [6, 6.07) is 15.8. The number of ether oxygens (including phenoxy) is 3. The van der Waals surface area contributed by atoms with E-state index in [0.29, 0.717) is 23.1 Å². The summed E-state index contributed by atoms with van der Waals surface area (Å²) >= 11 is 6.04. The van der Waals surface area contributed by atoms with E-state index in [-0.39, 0.29) is 18.0 Å². The molecule has 3 aliphatic rings. The quantitative estimate of drug-likeness (QED) is 0.260. The number of pyridine rings is 1. The van der Waals surface area contributed by atoms with E-state index in [1.807, 2.05) is 36.4 Å². The van der Waals surface area contributed by atoms with Gasteiger partial charge in [0.05, 0.1) is 40.9 Å². The number of hydrogen-bond acceptors (Lipinski definition) is 7. The zero-order valence-electron chi connectivity index (χ0n) is 22.8. The van der Waals surface area contributed by atoms with E-state index < -0.39 is 0 Å². The molecule has 2 aromatic carbocycles. The predicted octanol–water partition coefficient (Wildman–Crippen LogP) is 6.29. The molecule has 5 heterocycles. The molecule has 0 bridgehead atoms. The molecule has 2 aromatic heterocycles. The number of para-hydroxylation sites is 1. The Balaban J connectivity index is 1.07. The minimum Gasteiger partial charge on any atom is -0.508 e. The maximum Gasteiger partial charge on any atom is 0.174 e. The molecule has 9 heteroatoms. The van der Waals surface area contributed by atoms with Crippen LogP contribution in [0.1, 0.15) is 53.9 Å². The molecule has 212 valence electrons. The molecule has 0 aliphatic carbocycles. The standard InChI is InChI=1S/C32H33ClN4O4/c1-20(38)22-5-7-26-28(15-22)37(17-24-11-14-39-24)31(35-26)18-36-12-9-21(10-13-36)25-3-2-4-29-32(25)41-30(19-40-29)27-8-6-23(33)16-34-27/h2-8,15-16,21,24,30,38H,1,9-14,17-19H2/t24-,30?/m0/s1. The Labute approximate surface area is 244 Å². The van der Waals surface area contributed by atoms with Gasteiger partial charge in [-0.25, -0.2) is 4.98 Å². The van der Waals surface area contributed by atoms with Gasteiger partial charge in [-0.1, -0.05) is 30.3 Å². The average Bonchev–Trinajstić information content (AvgIpc) is 3.31. The summed E-state index contributed by atoms with van der Waals surface area (Å²) in [6.07, 6.45) is 4.67. The lowest BCUT2D eigenvalue weighted by Crippen LogP contribution is -2.35. The van der Waals surface area contributed by atoms with E-state index in [0.717, 1.165) is 86.1 Å². The van der Waals surface area contributed by atoms with Crippen LogP contribution in [0.15, 0.2) is 61.3 Å². The van der Waals surface area contributed by atoms with Crippen molar-refractivity contribution < 1.29 is 19.3 Å². The van der Waals surface area contributed by atoms with Crippen LogP contribution in [-0.4, -0.2) is 56.9 Å². The largest absolute Gasteiger partial charge is 0.508 e. The molecule has 0 amide bonds. The fourth-order valence-electron chi connectivity index (χ4n) is 6.07. The van der Waals surface area contributed by atoms with Crippen molar-refractivity contribution in [3.05, 3.63) is 89.0 Å². The Morgan fingerprint density at radius 3 is 2.68 bits per heavy atom. The molecule has 0 saturated carbocycles. The summed E-state index contributed by atoms with van der Waals surface area (Å²) in [4.78, 5) is 11.9. The van der Waals surface area contributed by atoms with Crippen LogP contribution in [0.3, 0.4) is 0 Å². The maximum absolute atomic E-state index is 9.97.